The lowest BCUT2D eigenvalue weighted by molar-refractivity contribution is -0.115. The van der Waals surface area contributed by atoms with Gasteiger partial charge in [-0.3, -0.25) is 4.79 Å². The number of thioether (sulfide) groups is 2. The van der Waals surface area contributed by atoms with Gasteiger partial charge in [0.2, 0.25) is 5.91 Å². The highest BCUT2D eigenvalue weighted by atomic mass is 32.2. The van der Waals surface area contributed by atoms with Gasteiger partial charge in [-0.25, -0.2) is 4.79 Å². The molecule has 1 heterocycles. The summed E-state index contributed by atoms with van der Waals surface area (Å²) in [7, 11) is 0. The maximum atomic E-state index is 12.6. The van der Waals surface area contributed by atoms with E-state index in [0.717, 1.165) is 10.7 Å². The van der Waals surface area contributed by atoms with Gasteiger partial charge in [0, 0.05) is 17.1 Å². The number of amides is 1. The first kappa shape index (κ1) is 22.6. The van der Waals surface area contributed by atoms with Crippen LogP contribution in [0.3, 0.4) is 0 Å². The summed E-state index contributed by atoms with van der Waals surface area (Å²) in [6.07, 6.45) is 1.77. The molecule has 1 aromatic heterocycles. The van der Waals surface area contributed by atoms with E-state index in [1.807, 2.05) is 34.9 Å². The van der Waals surface area contributed by atoms with Gasteiger partial charge >= 0.3 is 5.97 Å². The molecule has 0 aliphatic heterocycles. The average molecular weight is 455 g/mol. The molecule has 0 aliphatic carbocycles. The highest BCUT2D eigenvalue weighted by Crippen LogP contribution is 2.27. The summed E-state index contributed by atoms with van der Waals surface area (Å²) < 4.78 is 1.95. The molecule has 3 aromatic rings. The number of rotatable bonds is 10. The number of hydrogen-bond donors (Lipinski definition) is 2. The Bertz CT molecular complexity index is 1070. The first-order valence-corrected chi connectivity index (χ1v) is 11.4. The van der Waals surface area contributed by atoms with E-state index >= 15 is 0 Å². The fraction of sp³-hybridized carbons (Fsp3) is 0.182. The lowest BCUT2D eigenvalue weighted by Crippen LogP contribution is -2.23. The van der Waals surface area contributed by atoms with Crippen molar-refractivity contribution in [3.05, 3.63) is 78.6 Å². The van der Waals surface area contributed by atoms with Crippen LogP contribution in [-0.2, 0) is 17.1 Å². The first-order chi connectivity index (χ1) is 15.0. The molecule has 1 amide bonds. The van der Waals surface area contributed by atoms with Gasteiger partial charge in [-0.15, -0.1) is 28.5 Å². The van der Waals surface area contributed by atoms with Crippen LogP contribution in [0.2, 0.25) is 0 Å². The Morgan fingerprint density at radius 2 is 1.97 bits per heavy atom. The van der Waals surface area contributed by atoms with Gasteiger partial charge in [0.15, 0.2) is 5.16 Å². The van der Waals surface area contributed by atoms with Crippen molar-refractivity contribution in [3.63, 3.8) is 0 Å². The first-order valence-electron chi connectivity index (χ1n) is 9.49. The van der Waals surface area contributed by atoms with Crippen molar-refractivity contribution < 1.29 is 14.7 Å². The molecule has 0 radical (unpaired) electrons. The predicted octanol–water partition coefficient (Wildman–Crippen LogP) is 4.57. The van der Waals surface area contributed by atoms with Crippen LogP contribution < -0.4 is 5.32 Å². The molecule has 160 valence electrons. The second-order valence-electron chi connectivity index (χ2n) is 6.54. The van der Waals surface area contributed by atoms with E-state index in [1.165, 1.54) is 23.9 Å². The number of hydrogen-bond acceptors (Lipinski definition) is 6. The molecular weight excluding hydrogens is 432 g/mol. The lowest BCUT2D eigenvalue weighted by Gasteiger charge is -2.13. The van der Waals surface area contributed by atoms with Gasteiger partial charge in [0.25, 0.3) is 0 Å². The fourth-order valence-electron chi connectivity index (χ4n) is 2.68. The monoisotopic (exact) mass is 454 g/mol. The predicted molar refractivity (Wildman–Crippen MR) is 124 cm³/mol. The molecule has 1 atom stereocenters. The molecule has 2 aromatic carbocycles. The molecule has 2 N–H and O–H groups in total. The van der Waals surface area contributed by atoms with Crippen molar-refractivity contribution in [2.24, 2.45) is 0 Å². The zero-order valence-corrected chi connectivity index (χ0v) is 18.5. The molecule has 31 heavy (non-hydrogen) atoms. The van der Waals surface area contributed by atoms with E-state index < -0.39 is 11.2 Å². The quantitative estimate of drug-likeness (QED) is 0.342. The SMILES string of the molecule is C=CCn1c(CSc2ccccc2)nnc1SC(C)C(=O)Nc1cccc(C(=O)O)c1. The van der Waals surface area contributed by atoms with E-state index in [9.17, 15) is 9.59 Å². The Labute approximate surface area is 189 Å². The van der Waals surface area contributed by atoms with Crippen LogP contribution in [0.5, 0.6) is 0 Å². The fourth-order valence-corrected chi connectivity index (χ4v) is 4.41. The molecule has 0 spiro atoms. The Hall–Kier alpha value is -3.04. The number of carboxylic acid groups (broad SMARTS) is 1. The smallest absolute Gasteiger partial charge is 0.335 e. The van der Waals surface area contributed by atoms with E-state index in [4.69, 9.17) is 5.11 Å². The number of carboxylic acids is 1. The highest BCUT2D eigenvalue weighted by molar-refractivity contribution is 8.00. The van der Waals surface area contributed by atoms with Gasteiger partial charge in [-0.05, 0) is 37.3 Å². The summed E-state index contributed by atoms with van der Waals surface area (Å²) in [6.45, 7) is 6.12. The zero-order chi connectivity index (χ0) is 22.2. The summed E-state index contributed by atoms with van der Waals surface area (Å²) in [5.41, 5.74) is 0.550. The van der Waals surface area contributed by atoms with E-state index in [1.54, 1.807) is 36.9 Å². The third kappa shape index (κ3) is 6.22. The summed E-state index contributed by atoms with van der Waals surface area (Å²) in [6, 6.07) is 16.2. The Morgan fingerprint density at radius 1 is 1.19 bits per heavy atom. The number of anilines is 1. The van der Waals surface area contributed by atoms with Crippen molar-refractivity contribution in [3.8, 4) is 0 Å². The summed E-state index contributed by atoms with van der Waals surface area (Å²) in [5.74, 6) is 0.157. The van der Waals surface area contributed by atoms with Crippen LogP contribution in [0, 0.1) is 0 Å². The summed E-state index contributed by atoms with van der Waals surface area (Å²) in [4.78, 5) is 24.9. The summed E-state index contributed by atoms with van der Waals surface area (Å²) >= 11 is 2.96. The maximum Gasteiger partial charge on any atom is 0.335 e. The van der Waals surface area contributed by atoms with Crippen LogP contribution in [0.4, 0.5) is 5.69 Å². The molecular formula is C22H22N4O3S2. The maximum absolute atomic E-state index is 12.6. The van der Waals surface area contributed by atoms with Crippen molar-refractivity contribution in [1.29, 1.82) is 0 Å². The second-order valence-corrected chi connectivity index (χ2v) is 8.89. The number of aromatic nitrogens is 3. The van der Waals surface area contributed by atoms with Crippen LogP contribution in [0.25, 0.3) is 0 Å². The standard InChI is InChI=1S/C22H22N4O3S2/c1-3-12-26-19(14-30-18-10-5-4-6-11-18)24-25-22(26)31-15(2)20(27)23-17-9-7-8-16(13-17)21(28)29/h3-11,13,15H,1,12,14H2,2H3,(H,23,27)(H,28,29). The molecule has 0 aliphatic rings. The van der Waals surface area contributed by atoms with Gasteiger partial charge < -0.3 is 15.0 Å². The van der Waals surface area contributed by atoms with Crippen molar-refractivity contribution >= 4 is 41.1 Å². The minimum absolute atomic E-state index is 0.115. The number of carbonyl (C=O) groups is 2. The van der Waals surface area contributed by atoms with E-state index in [2.05, 4.69) is 22.1 Å². The van der Waals surface area contributed by atoms with Crippen LogP contribution in [-0.4, -0.2) is 37.0 Å². The Kier molecular flexibility index (Phi) is 7.91. The average Bonchev–Trinajstić information content (AvgIpc) is 3.14. The minimum atomic E-state index is -1.04. The van der Waals surface area contributed by atoms with Crippen LogP contribution in [0.1, 0.15) is 23.1 Å². The lowest BCUT2D eigenvalue weighted by atomic mass is 10.2. The number of allylic oxidation sites excluding steroid dienone is 1. The third-order valence-electron chi connectivity index (χ3n) is 4.24. The summed E-state index contributed by atoms with van der Waals surface area (Å²) in [5, 5.41) is 20.6. The van der Waals surface area contributed by atoms with Gasteiger partial charge in [0.1, 0.15) is 5.82 Å². The molecule has 0 saturated heterocycles. The topological polar surface area (TPSA) is 97.1 Å². The third-order valence-corrected chi connectivity index (χ3v) is 6.33. The second kappa shape index (κ2) is 10.8. The number of nitrogens with one attached hydrogen (secondary N) is 1. The normalized spacial score (nSPS) is 11.6. The van der Waals surface area contributed by atoms with Crippen LogP contribution >= 0.6 is 23.5 Å². The molecule has 0 saturated carbocycles. The van der Waals surface area contributed by atoms with Crippen molar-refractivity contribution in [2.75, 3.05) is 5.32 Å². The van der Waals surface area contributed by atoms with E-state index in [-0.39, 0.29) is 11.5 Å². The molecule has 9 heteroatoms. The van der Waals surface area contributed by atoms with Crippen molar-refractivity contribution in [2.45, 2.75) is 34.5 Å². The van der Waals surface area contributed by atoms with E-state index in [0.29, 0.717) is 23.1 Å². The Morgan fingerprint density at radius 3 is 2.68 bits per heavy atom. The molecule has 1 unspecified atom stereocenters. The Balaban J connectivity index is 1.67. The minimum Gasteiger partial charge on any atom is -0.478 e. The van der Waals surface area contributed by atoms with Gasteiger partial charge in [0.05, 0.1) is 16.6 Å². The molecule has 3 rings (SSSR count). The highest BCUT2D eigenvalue weighted by Gasteiger charge is 2.20. The molecule has 0 bridgehead atoms. The van der Waals surface area contributed by atoms with Gasteiger partial charge in [-0.2, -0.15) is 0 Å². The zero-order valence-electron chi connectivity index (χ0n) is 16.9. The van der Waals surface area contributed by atoms with Gasteiger partial charge in [-0.1, -0.05) is 42.1 Å². The number of nitrogens with zero attached hydrogens (tertiary/aromatic N) is 3. The number of aromatic carboxylic acids is 1. The van der Waals surface area contributed by atoms with Crippen LogP contribution in [0.15, 0.2) is 77.3 Å². The number of carbonyl (C=O) groups excluding carboxylic acids is 1. The molecule has 0 fully saturated rings. The van der Waals surface area contributed by atoms with Crippen molar-refractivity contribution in [1.82, 2.24) is 14.8 Å². The number of benzene rings is 2. The molecule has 7 nitrogen and oxygen atoms in total. The largest absolute Gasteiger partial charge is 0.478 e.